The fraction of sp³-hybridized carbons (Fsp3) is 0.375. The molecule has 0 saturated carbocycles. The number of hydrogen-bond acceptors (Lipinski definition) is 10. The van der Waals surface area contributed by atoms with Crippen molar-refractivity contribution in [2.75, 3.05) is 56.7 Å². The first-order chi connectivity index (χ1) is 21.0. The second kappa shape index (κ2) is 12.2. The summed E-state index contributed by atoms with van der Waals surface area (Å²) in [4.78, 5) is 29.0. The molecule has 1 spiro atoms. The molecule has 43 heavy (non-hydrogen) atoms. The van der Waals surface area contributed by atoms with Crippen molar-refractivity contribution >= 4 is 17.8 Å². The summed E-state index contributed by atoms with van der Waals surface area (Å²) < 4.78 is 22.4. The molecule has 1 amide bonds. The SMILES string of the molecule is COc1cc(OC)cc(-c2noc(N3CCN(C(=O)OCc4ccccc4)C4(CCN(c5ccnc(C)c5)CC4)C3)n2)c1. The highest BCUT2D eigenvalue weighted by Crippen LogP contribution is 2.37. The lowest BCUT2D eigenvalue weighted by molar-refractivity contribution is 0.0246. The fourth-order valence-electron chi connectivity index (χ4n) is 5.96. The number of carbonyl (C=O) groups excluding carboxylic acids is 1. The van der Waals surface area contributed by atoms with Gasteiger partial charge >= 0.3 is 12.1 Å². The lowest BCUT2D eigenvalue weighted by atomic mass is 9.83. The van der Waals surface area contributed by atoms with Gasteiger partial charge in [-0.05, 0) is 49.6 Å². The monoisotopic (exact) mass is 584 g/mol. The van der Waals surface area contributed by atoms with E-state index in [0.717, 1.165) is 48.4 Å². The molecule has 0 N–H and O–H groups in total. The van der Waals surface area contributed by atoms with Gasteiger partial charge in [0.25, 0.3) is 0 Å². The van der Waals surface area contributed by atoms with E-state index in [-0.39, 0.29) is 12.7 Å². The normalized spacial score (nSPS) is 16.3. The molecular weight excluding hydrogens is 548 g/mol. The van der Waals surface area contributed by atoms with Gasteiger partial charge in [0.1, 0.15) is 18.1 Å². The van der Waals surface area contributed by atoms with Gasteiger partial charge in [0.15, 0.2) is 0 Å². The minimum atomic E-state index is -0.460. The Kier molecular flexibility index (Phi) is 8.04. The molecule has 2 saturated heterocycles. The number of aryl methyl sites for hydroxylation is 1. The number of nitrogens with zero attached hydrogens (tertiary/aromatic N) is 6. The Bertz CT molecular complexity index is 1530. The van der Waals surface area contributed by atoms with Gasteiger partial charge < -0.3 is 28.5 Å². The van der Waals surface area contributed by atoms with Crippen LogP contribution in [0.5, 0.6) is 11.5 Å². The summed E-state index contributed by atoms with van der Waals surface area (Å²) in [7, 11) is 3.20. The van der Waals surface area contributed by atoms with Crippen molar-refractivity contribution in [2.45, 2.75) is 31.9 Å². The van der Waals surface area contributed by atoms with Crippen molar-refractivity contribution in [1.29, 1.82) is 0 Å². The summed E-state index contributed by atoms with van der Waals surface area (Å²) >= 11 is 0. The van der Waals surface area contributed by atoms with E-state index in [1.807, 2.05) is 66.6 Å². The molecule has 2 aliphatic heterocycles. The first-order valence-corrected chi connectivity index (χ1v) is 14.4. The molecule has 2 aromatic heterocycles. The number of piperazine rings is 1. The lowest BCUT2D eigenvalue weighted by Crippen LogP contribution is -2.67. The number of rotatable bonds is 7. The molecule has 11 nitrogen and oxygen atoms in total. The smallest absolute Gasteiger partial charge is 0.410 e. The highest BCUT2D eigenvalue weighted by Gasteiger charge is 2.48. The highest BCUT2D eigenvalue weighted by atomic mass is 16.6. The molecule has 6 rings (SSSR count). The van der Waals surface area contributed by atoms with E-state index in [1.54, 1.807) is 20.3 Å². The van der Waals surface area contributed by atoms with Crippen molar-refractivity contribution in [3.8, 4) is 22.9 Å². The topological polar surface area (TPSA) is 106 Å². The molecule has 4 heterocycles. The predicted molar refractivity (Wildman–Crippen MR) is 162 cm³/mol. The summed E-state index contributed by atoms with van der Waals surface area (Å²) in [5.41, 5.74) is 3.35. The van der Waals surface area contributed by atoms with Gasteiger partial charge in [-0.1, -0.05) is 35.5 Å². The van der Waals surface area contributed by atoms with Crippen LogP contribution >= 0.6 is 0 Å². The summed E-state index contributed by atoms with van der Waals surface area (Å²) in [6.45, 7) is 5.38. The zero-order chi connectivity index (χ0) is 29.8. The van der Waals surface area contributed by atoms with Gasteiger partial charge in [-0.15, -0.1) is 0 Å². The first kappa shape index (κ1) is 28.3. The Morgan fingerprint density at radius 1 is 0.930 bits per heavy atom. The van der Waals surface area contributed by atoms with Crippen molar-refractivity contribution in [1.82, 2.24) is 20.0 Å². The third-order valence-corrected chi connectivity index (χ3v) is 8.31. The molecule has 0 radical (unpaired) electrons. The zero-order valence-electron chi connectivity index (χ0n) is 24.7. The van der Waals surface area contributed by atoms with Crippen LogP contribution in [0.3, 0.4) is 0 Å². The van der Waals surface area contributed by atoms with E-state index in [0.29, 0.717) is 43.0 Å². The van der Waals surface area contributed by atoms with Crippen LogP contribution in [-0.2, 0) is 11.3 Å². The molecule has 0 bridgehead atoms. The molecule has 4 aromatic rings. The van der Waals surface area contributed by atoms with Gasteiger partial charge in [-0.2, -0.15) is 4.98 Å². The number of carbonyl (C=O) groups is 1. The Balaban J connectivity index is 1.23. The van der Waals surface area contributed by atoms with E-state index in [4.69, 9.17) is 23.7 Å². The largest absolute Gasteiger partial charge is 0.497 e. The summed E-state index contributed by atoms with van der Waals surface area (Å²) in [5, 5.41) is 4.26. The van der Waals surface area contributed by atoms with Crippen molar-refractivity contribution in [3.05, 3.63) is 78.1 Å². The maximum absolute atomic E-state index is 13.6. The number of aromatic nitrogens is 3. The number of methoxy groups -OCH3 is 2. The number of hydrogen-bond donors (Lipinski definition) is 0. The summed E-state index contributed by atoms with van der Waals surface area (Å²) in [6.07, 6.45) is 3.07. The van der Waals surface area contributed by atoms with Crippen LogP contribution < -0.4 is 19.3 Å². The molecule has 0 unspecified atom stereocenters. The van der Waals surface area contributed by atoms with Crippen LogP contribution in [-0.4, -0.2) is 78.6 Å². The summed E-state index contributed by atoms with van der Waals surface area (Å²) in [6, 6.07) is 19.8. The van der Waals surface area contributed by atoms with E-state index >= 15 is 0 Å². The van der Waals surface area contributed by atoms with E-state index in [9.17, 15) is 4.79 Å². The second-order valence-corrected chi connectivity index (χ2v) is 11.0. The predicted octanol–water partition coefficient (Wildman–Crippen LogP) is 4.96. The van der Waals surface area contributed by atoms with Crippen molar-refractivity contribution < 1.29 is 23.5 Å². The van der Waals surface area contributed by atoms with Gasteiger partial charge in [-0.3, -0.25) is 9.88 Å². The Morgan fingerprint density at radius 2 is 1.67 bits per heavy atom. The number of anilines is 2. The third kappa shape index (κ3) is 6.06. The van der Waals surface area contributed by atoms with Crippen LogP contribution in [0.2, 0.25) is 0 Å². The molecule has 0 atom stereocenters. The van der Waals surface area contributed by atoms with E-state index < -0.39 is 5.54 Å². The minimum absolute atomic E-state index is 0.232. The van der Waals surface area contributed by atoms with Crippen LogP contribution in [0, 0.1) is 6.92 Å². The molecule has 224 valence electrons. The lowest BCUT2D eigenvalue weighted by Gasteiger charge is -2.53. The Labute approximate surface area is 251 Å². The Morgan fingerprint density at radius 3 is 2.37 bits per heavy atom. The van der Waals surface area contributed by atoms with Crippen molar-refractivity contribution in [2.24, 2.45) is 0 Å². The van der Waals surface area contributed by atoms with Gasteiger partial charge in [0.2, 0.25) is 5.82 Å². The number of ether oxygens (including phenoxy) is 3. The number of amides is 1. The average molecular weight is 585 g/mol. The van der Waals surface area contributed by atoms with Crippen LogP contribution in [0.25, 0.3) is 11.4 Å². The van der Waals surface area contributed by atoms with Gasteiger partial charge in [0, 0.05) is 61.9 Å². The average Bonchev–Trinajstić information content (AvgIpc) is 3.55. The third-order valence-electron chi connectivity index (χ3n) is 8.31. The van der Waals surface area contributed by atoms with E-state index in [1.165, 1.54) is 0 Å². The first-order valence-electron chi connectivity index (χ1n) is 14.4. The highest BCUT2D eigenvalue weighted by molar-refractivity contribution is 5.70. The molecule has 2 fully saturated rings. The number of benzene rings is 2. The molecule has 2 aromatic carbocycles. The molecule has 0 aliphatic carbocycles. The molecular formula is C32H36N6O5. The van der Waals surface area contributed by atoms with Crippen LogP contribution in [0.15, 0.2) is 71.4 Å². The van der Waals surface area contributed by atoms with Gasteiger partial charge in [-0.25, -0.2) is 4.79 Å². The fourth-order valence-corrected chi connectivity index (χ4v) is 5.96. The summed E-state index contributed by atoms with van der Waals surface area (Å²) in [5.74, 6) is 1.71. The van der Waals surface area contributed by atoms with E-state index in [2.05, 4.69) is 26.0 Å². The standard InChI is InChI=1S/C32H36N6O5/c1-23-17-26(9-12-33-23)36-13-10-32(11-14-36)22-37(15-16-38(32)31(39)42-21-24-7-5-4-6-8-24)30-34-29(35-43-30)25-18-27(40-2)20-28(19-25)41-3/h4-9,12,17-20H,10-11,13-16,21-22H2,1-3H3. The number of pyridine rings is 1. The maximum atomic E-state index is 13.6. The van der Waals surface area contributed by atoms with Gasteiger partial charge in [0.05, 0.1) is 19.8 Å². The zero-order valence-corrected chi connectivity index (χ0v) is 24.7. The second-order valence-electron chi connectivity index (χ2n) is 11.0. The minimum Gasteiger partial charge on any atom is -0.497 e. The quantitative estimate of drug-likeness (QED) is 0.296. The molecule has 2 aliphatic rings. The molecule has 11 heteroatoms. The van der Waals surface area contributed by atoms with Crippen LogP contribution in [0.1, 0.15) is 24.1 Å². The maximum Gasteiger partial charge on any atom is 0.410 e. The van der Waals surface area contributed by atoms with Crippen molar-refractivity contribution in [3.63, 3.8) is 0 Å². The Hall–Kier alpha value is -4.80. The van der Waals surface area contributed by atoms with Crippen LogP contribution in [0.4, 0.5) is 16.5 Å². The number of piperidine rings is 1.